The van der Waals surface area contributed by atoms with Gasteiger partial charge in [-0.05, 0) is 0 Å². The number of hydrogen-bond acceptors (Lipinski definition) is 5. The van der Waals surface area contributed by atoms with E-state index in [0.29, 0.717) is 16.6 Å². The van der Waals surface area contributed by atoms with Crippen LogP contribution in [0.2, 0.25) is 0 Å². The predicted molar refractivity (Wildman–Crippen MR) is 48.8 cm³/mol. The van der Waals surface area contributed by atoms with Crippen LogP contribution in [0.15, 0.2) is 0 Å². The maximum atomic E-state index is 10.6. The second-order valence-corrected chi connectivity index (χ2v) is 3.72. The number of carbonyl (C=O) groups is 2. The van der Waals surface area contributed by atoms with Crippen molar-refractivity contribution in [3.8, 4) is 0 Å². The Balaban J connectivity index is 2.50. The Morgan fingerprint density at radius 2 is 2.07 bits per heavy atom. The molecule has 7 heteroatoms. The Kier molecular flexibility index (Phi) is 3.52. The first-order valence-electron chi connectivity index (χ1n) is 3.85. The topological polar surface area (TPSA) is 92.2 Å². The van der Waals surface area contributed by atoms with Crippen LogP contribution in [0.4, 0.5) is 0 Å². The summed E-state index contributed by atoms with van der Waals surface area (Å²) in [6.45, 7) is 1.70. The molecule has 0 spiro atoms. The van der Waals surface area contributed by atoms with Gasteiger partial charge in [0.25, 0.3) is 0 Å². The van der Waals surface area contributed by atoms with Gasteiger partial charge >= 0.3 is 5.97 Å². The van der Waals surface area contributed by atoms with Gasteiger partial charge in [0.15, 0.2) is 0 Å². The first-order valence-corrected chi connectivity index (χ1v) is 4.67. The highest BCUT2D eigenvalue weighted by Crippen LogP contribution is 2.09. The third-order valence-corrected chi connectivity index (χ3v) is 2.22. The van der Waals surface area contributed by atoms with Crippen LogP contribution in [0.25, 0.3) is 0 Å². The SMILES string of the molecule is CC(=O)NCc1nnc(CC(=O)O)s1. The van der Waals surface area contributed by atoms with Crippen LogP contribution in [0.1, 0.15) is 16.9 Å². The van der Waals surface area contributed by atoms with Gasteiger partial charge in [-0.3, -0.25) is 9.59 Å². The molecular formula is C7H9N3O3S. The van der Waals surface area contributed by atoms with Gasteiger partial charge in [-0.15, -0.1) is 10.2 Å². The molecule has 1 heterocycles. The normalized spacial score (nSPS) is 9.79. The highest BCUT2D eigenvalue weighted by molar-refractivity contribution is 7.11. The van der Waals surface area contributed by atoms with E-state index in [4.69, 9.17) is 5.11 Å². The van der Waals surface area contributed by atoms with Crippen LogP contribution >= 0.6 is 11.3 Å². The number of carboxylic acids is 1. The molecule has 0 radical (unpaired) electrons. The van der Waals surface area contributed by atoms with Crippen LogP contribution in [-0.2, 0) is 22.6 Å². The summed E-state index contributed by atoms with van der Waals surface area (Å²) in [5.41, 5.74) is 0. The molecule has 6 nitrogen and oxygen atoms in total. The molecule has 2 N–H and O–H groups in total. The number of aromatic nitrogens is 2. The summed E-state index contributed by atoms with van der Waals surface area (Å²) in [7, 11) is 0. The number of rotatable bonds is 4. The average molecular weight is 215 g/mol. The lowest BCUT2D eigenvalue weighted by Crippen LogP contribution is -2.18. The van der Waals surface area contributed by atoms with E-state index >= 15 is 0 Å². The number of carboxylic acid groups (broad SMARTS) is 1. The van der Waals surface area contributed by atoms with E-state index in [2.05, 4.69) is 15.5 Å². The molecule has 76 valence electrons. The molecule has 0 atom stereocenters. The van der Waals surface area contributed by atoms with E-state index in [9.17, 15) is 9.59 Å². The molecule has 1 aromatic rings. The summed E-state index contributed by atoms with van der Waals surface area (Å²) in [4.78, 5) is 20.9. The molecular weight excluding hydrogens is 206 g/mol. The number of carbonyl (C=O) groups excluding carboxylic acids is 1. The summed E-state index contributed by atoms with van der Waals surface area (Å²) in [5, 5.41) is 19.5. The smallest absolute Gasteiger partial charge is 0.310 e. The fraction of sp³-hybridized carbons (Fsp3) is 0.429. The van der Waals surface area contributed by atoms with Gasteiger partial charge in [-0.2, -0.15) is 0 Å². The van der Waals surface area contributed by atoms with E-state index in [0.717, 1.165) is 0 Å². The van der Waals surface area contributed by atoms with Gasteiger partial charge in [0, 0.05) is 6.92 Å². The van der Waals surface area contributed by atoms with Gasteiger partial charge in [0.05, 0.1) is 13.0 Å². The molecule has 0 saturated carbocycles. The van der Waals surface area contributed by atoms with Gasteiger partial charge in [-0.25, -0.2) is 0 Å². The number of aliphatic carboxylic acids is 1. The van der Waals surface area contributed by atoms with Crippen molar-refractivity contribution in [3.63, 3.8) is 0 Å². The van der Waals surface area contributed by atoms with E-state index < -0.39 is 5.97 Å². The standard InChI is InChI=1S/C7H9N3O3S/c1-4(11)8-3-6-10-9-5(14-6)2-7(12)13/h2-3H2,1H3,(H,8,11)(H,12,13). The minimum atomic E-state index is -0.938. The molecule has 0 bridgehead atoms. The van der Waals surface area contributed by atoms with Gasteiger partial charge in [0.1, 0.15) is 10.0 Å². The highest BCUT2D eigenvalue weighted by atomic mass is 32.1. The number of amides is 1. The summed E-state index contributed by atoms with van der Waals surface area (Å²) in [5.74, 6) is -1.09. The third kappa shape index (κ3) is 3.48. The Bertz CT molecular complexity index is 350. The Labute approximate surface area is 84.0 Å². The second-order valence-electron chi connectivity index (χ2n) is 2.57. The van der Waals surface area contributed by atoms with Crippen molar-refractivity contribution >= 4 is 23.2 Å². The first kappa shape index (κ1) is 10.6. The van der Waals surface area contributed by atoms with E-state index in [1.54, 1.807) is 0 Å². The van der Waals surface area contributed by atoms with Gasteiger partial charge in [-0.1, -0.05) is 11.3 Å². The van der Waals surface area contributed by atoms with Gasteiger partial charge in [0.2, 0.25) is 5.91 Å². The second kappa shape index (κ2) is 4.66. The monoisotopic (exact) mass is 215 g/mol. The summed E-state index contributed by atoms with van der Waals surface area (Å²) in [6, 6.07) is 0. The van der Waals surface area contributed by atoms with Crippen LogP contribution in [0.5, 0.6) is 0 Å². The van der Waals surface area contributed by atoms with Crippen molar-refractivity contribution in [2.24, 2.45) is 0 Å². The predicted octanol–water partition coefficient (Wildman–Crippen LogP) is -0.199. The van der Waals surface area contributed by atoms with E-state index in [-0.39, 0.29) is 12.3 Å². The molecule has 0 aliphatic rings. The molecule has 0 aliphatic heterocycles. The van der Waals surface area contributed by atoms with Crippen LogP contribution in [0, 0.1) is 0 Å². The summed E-state index contributed by atoms with van der Waals surface area (Å²) < 4.78 is 0. The molecule has 0 unspecified atom stereocenters. The third-order valence-electron chi connectivity index (χ3n) is 1.30. The quantitative estimate of drug-likeness (QED) is 0.725. The molecule has 1 aromatic heterocycles. The number of nitrogens with zero attached hydrogens (tertiary/aromatic N) is 2. The molecule has 1 rings (SSSR count). The average Bonchev–Trinajstić information content (AvgIpc) is 2.47. The van der Waals surface area contributed by atoms with Crippen LogP contribution < -0.4 is 5.32 Å². The minimum absolute atomic E-state index is 0.127. The van der Waals surface area contributed by atoms with Crippen molar-refractivity contribution < 1.29 is 14.7 Å². The zero-order valence-corrected chi connectivity index (χ0v) is 8.30. The van der Waals surface area contributed by atoms with Crippen molar-refractivity contribution in [2.75, 3.05) is 0 Å². The van der Waals surface area contributed by atoms with E-state index in [1.165, 1.54) is 18.3 Å². The summed E-state index contributed by atoms with van der Waals surface area (Å²) >= 11 is 1.19. The van der Waals surface area contributed by atoms with E-state index in [1.807, 2.05) is 0 Å². The lowest BCUT2D eigenvalue weighted by molar-refractivity contribution is -0.136. The number of nitrogens with one attached hydrogen (secondary N) is 1. The molecule has 14 heavy (non-hydrogen) atoms. The van der Waals surface area contributed by atoms with Crippen molar-refractivity contribution in [2.45, 2.75) is 19.9 Å². The fourth-order valence-corrected chi connectivity index (χ4v) is 1.54. The largest absolute Gasteiger partial charge is 0.481 e. The van der Waals surface area contributed by atoms with Crippen LogP contribution in [0.3, 0.4) is 0 Å². The van der Waals surface area contributed by atoms with Crippen molar-refractivity contribution in [1.29, 1.82) is 0 Å². The minimum Gasteiger partial charge on any atom is -0.481 e. The maximum Gasteiger partial charge on any atom is 0.310 e. The highest BCUT2D eigenvalue weighted by Gasteiger charge is 2.07. The van der Waals surface area contributed by atoms with Crippen molar-refractivity contribution in [3.05, 3.63) is 10.0 Å². The summed E-state index contributed by atoms with van der Waals surface area (Å²) in [6.07, 6.45) is -0.127. The lowest BCUT2D eigenvalue weighted by atomic mass is 10.5. The molecule has 0 saturated heterocycles. The zero-order chi connectivity index (χ0) is 10.6. The fourth-order valence-electron chi connectivity index (χ4n) is 0.761. The molecule has 0 aromatic carbocycles. The molecule has 1 amide bonds. The molecule has 0 aliphatic carbocycles. The van der Waals surface area contributed by atoms with Crippen LogP contribution in [-0.4, -0.2) is 27.2 Å². The maximum absolute atomic E-state index is 10.6. The Morgan fingerprint density at radius 3 is 2.64 bits per heavy atom. The van der Waals surface area contributed by atoms with Crippen molar-refractivity contribution in [1.82, 2.24) is 15.5 Å². The Morgan fingerprint density at radius 1 is 1.43 bits per heavy atom. The lowest BCUT2D eigenvalue weighted by Gasteiger charge is -1.94. The zero-order valence-electron chi connectivity index (χ0n) is 7.48. The Hall–Kier alpha value is -1.50. The first-order chi connectivity index (χ1) is 6.58. The molecule has 0 fully saturated rings. The van der Waals surface area contributed by atoms with Gasteiger partial charge < -0.3 is 10.4 Å². The number of hydrogen-bond donors (Lipinski definition) is 2.